The number of nitrogens with zero attached hydrogens (tertiary/aromatic N) is 1. The van der Waals surface area contributed by atoms with Gasteiger partial charge in [0.2, 0.25) is 0 Å². The predicted octanol–water partition coefficient (Wildman–Crippen LogP) is 10.8. The van der Waals surface area contributed by atoms with Gasteiger partial charge in [-0.3, -0.25) is 9.59 Å². The quantitative estimate of drug-likeness (QED) is 0.0420. The summed E-state index contributed by atoms with van der Waals surface area (Å²) in [5, 5.41) is 9.25. The van der Waals surface area contributed by atoms with E-state index in [-0.39, 0.29) is 18.5 Å². The Morgan fingerprint density at radius 1 is 0.653 bits per heavy atom. The van der Waals surface area contributed by atoms with Crippen molar-refractivity contribution < 1.29 is 24.2 Å². The number of unbranched alkanes of at least 4 members (excludes halogenated alkanes) is 13. The number of hydrogen-bond acceptors (Lipinski definition) is 6. The Labute approximate surface area is 301 Å². The summed E-state index contributed by atoms with van der Waals surface area (Å²) in [6.07, 6.45) is 30.2. The summed E-state index contributed by atoms with van der Waals surface area (Å²) in [4.78, 5) is 27.2. The molecule has 4 unspecified atom stereocenters. The zero-order valence-corrected chi connectivity index (χ0v) is 32.3. The second-order valence-electron chi connectivity index (χ2n) is 16.2. The zero-order valence-electron chi connectivity index (χ0n) is 32.3. The average molecular weight is 688 g/mol. The lowest BCUT2D eigenvalue weighted by molar-refractivity contribution is -0.144. The number of aliphatic hydroxyl groups is 1. The maximum atomic E-state index is 12.3. The molecule has 6 heteroatoms. The molecule has 0 heterocycles. The summed E-state index contributed by atoms with van der Waals surface area (Å²) in [6.45, 7) is 10.9. The number of hydrogen-bond donors (Lipinski definition) is 1. The molecule has 3 fully saturated rings. The predicted molar refractivity (Wildman–Crippen MR) is 202 cm³/mol. The van der Waals surface area contributed by atoms with Crippen molar-refractivity contribution in [3.63, 3.8) is 0 Å². The van der Waals surface area contributed by atoms with E-state index in [2.05, 4.69) is 25.7 Å². The van der Waals surface area contributed by atoms with Gasteiger partial charge in [0.05, 0.1) is 12.9 Å². The molecular weight excluding hydrogens is 610 g/mol. The van der Waals surface area contributed by atoms with Crippen molar-refractivity contribution in [1.29, 1.82) is 0 Å². The molecule has 284 valence electrons. The van der Waals surface area contributed by atoms with E-state index in [1.165, 1.54) is 108 Å². The van der Waals surface area contributed by atoms with Crippen LogP contribution in [0.25, 0.3) is 0 Å². The van der Waals surface area contributed by atoms with Gasteiger partial charge >= 0.3 is 11.9 Å². The van der Waals surface area contributed by atoms with Crippen LogP contribution in [0.3, 0.4) is 0 Å². The summed E-state index contributed by atoms with van der Waals surface area (Å²) < 4.78 is 11.2. The normalized spacial score (nSPS) is 22.4. The van der Waals surface area contributed by atoms with Crippen LogP contribution in [0.15, 0.2) is 11.8 Å². The maximum Gasteiger partial charge on any atom is 0.310 e. The molecule has 0 spiro atoms. The molecule has 0 amide bonds. The van der Waals surface area contributed by atoms with E-state index in [9.17, 15) is 14.7 Å². The Hall–Kier alpha value is -1.40. The summed E-state index contributed by atoms with van der Waals surface area (Å²) in [5.74, 6) is 5.11. The van der Waals surface area contributed by atoms with Crippen LogP contribution in [0.1, 0.15) is 181 Å². The Morgan fingerprint density at radius 2 is 1.16 bits per heavy atom. The molecule has 3 saturated carbocycles. The van der Waals surface area contributed by atoms with Gasteiger partial charge in [0.1, 0.15) is 0 Å². The Kier molecular flexibility index (Phi) is 21.9. The van der Waals surface area contributed by atoms with Crippen molar-refractivity contribution in [1.82, 2.24) is 4.90 Å². The minimum atomic E-state index is -0.0679. The number of allylic oxidation sites excluding steroid dienone is 1. The number of fused-ring (bicyclic) bond motifs is 3. The van der Waals surface area contributed by atoms with Crippen LogP contribution < -0.4 is 0 Å². The lowest BCUT2D eigenvalue weighted by Crippen LogP contribution is -2.27. The van der Waals surface area contributed by atoms with Crippen LogP contribution >= 0.6 is 0 Å². The molecule has 0 bridgehead atoms. The van der Waals surface area contributed by atoms with Crippen LogP contribution in [-0.2, 0) is 19.1 Å². The topological polar surface area (TPSA) is 76.1 Å². The van der Waals surface area contributed by atoms with Crippen molar-refractivity contribution in [3.05, 3.63) is 11.8 Å². The van der Waals surface area contributed by atoms with Crippen molar-refractivity contribution in [2.45, 2.75) is 181 Å². The molecular formula is C43H77NO5. The molecule has 3 rings (SSSR count). The molecule has 49 heavy (non-hydrogen) atoms. The largest absolute Gasteiger partial charge is 0.466 e. The van der Waals surface area contributed by atoms with E-state index in [1.807, 2.05) is 0 Å². The smallest absolute Gasteiger partial charge is 0.310 e. The van der Waals surface area contributed by atoms with Gasteiger partial charge in [-0.05, 0) is 125 Å². The zero-order chi connectivity index (χ0) is 35.1. The summed E-state index contributed by atoms with van der Waals surface area (Å²) in [7, 11) is 0. The molecule has 4 atom stereocenters. The lowest BCUT2D eigenvalue weighted by Gasteiger charge is -2.22. The van der Waals surface area contributed by atoms with Gasteiger partial charge < -0.3 is 19.5 Å². The van der Waals surface area contributed by atoms with Gasteiger partial charge in [-0.15, -0.1) is 0 Å². The van der Waals surface area contributed by atoms with Crippen LogP contribution in [0, 0.1) is 35.5 Å². The summed E-state index contributed by atoms with van der Waals surface area (Å²) in [5.41, 5.74) is 1.30. The second-order valence-corrected chi connectivity index (χ2v) is 16.2. The van der Waals surface area contributed by atoms with Crippen molar-refractivity contribution in [2.75, 3.05) is 32.8 Å². The van der Waals surface area contributed by atoms with E-state index in [1.54, 1.807) is 6.26 Å². The highest BCUT2D eigenvalue weighted by Crippen LogP contribution is 2.73. The first-order chi connectivity index (χ1) is 24.0. The van der Waals surface area contributed by atoms with E-state index in [4.69, 9.17) is 9.47 Å². The molecule has 0 saturated heterocycles. The summed E-state index contributed by atoms with van der Waals surface area (Å²) in [6, 6.07) is 0. The number of carbonyl (C=O) groups excluding carboxylic acids is 2. The third kappa shape index (κ3) is 17.6. The molecule has 0 aromatic rings. The monoisotopic (exact) mass is 688 g/mol. The first-order valence-corrected chi connectivity index (χ1v) is 21.3. The standard InChI is InChI=1S/C43H77NO5/c1-4-6-14-22-36(23-15-7-5-2)26-31-48-41(46)24-16-10-8-12-18-27-44(29-20-21-30-45)28-19-13-9-11-17-25-42(47)49-34-35(3)43-39-32-37(39)38-33-40(38)43/h34,36-40,43,45H,4-33H2,1-3H3/b35-34+. The van der Waals surface area contributed by atoms with Crippen molar-refractivity contribution in [2.24, 2.45) is 35.5 Å². The minimum Gasteiger partial charge on any atom is -0.466 e. The van der Waals surface area contributed by atoms with Gasteiger partial charge in [-0.2, -0.15) is 0 Å². The van der Waals surface area contributed by atoms with E-state index < -0.39 is 0 Å². The van der Waals surface area contributed by atoms with Crippen LogP contribution in [0.5, 0.6) is 0 Å². The fourth-order valence-electron chi connectivity index (χ4n) is 8.83. The second kappa shape index (κ2) is 25.5. The lowest BCUT2D eigenvalue weighted by atomic mass is 9.92. The van der Waals surface area contributed by atoms with Gasteiger partial charge in [0.15, 0.2) is 0 Å². The number of ether oxygens (including phenoxy) is 2. The molecule has 3 aliphatic rings. The average Bonchev–Trinajstić information content (AvgIpc) is 4.03. The fourth-order valence-corrected chi connectivity index (χ4v) is 8.83. The fraction of sp³-hybridized carbons (Fsp3) is 0.907. The highest BCUT2D eigenvalue weighted by molar-refractivity contribution is 5.70. The number of carbonyl (C=O) groups is 2. The molecule has 0 aromatic heterocycles. The van der Waals surface area contributed by atoms with E-state index in [0.29, 0.717) is 31.3 Å². The Morgan fingerprint density at radius 3 is 1.71 bits per heavy atom. The van der Waals surface area contributed by atoms with Crippen LogP contribution in [0.4, 0.5) is 0 Å². The molecule has 6 nitrogen and oxygen atoms in total. The summed E-state index contributed by atoms with van der Waals surface area (Å²) >= 11 is 0. The Balaban J connectivity index is 1.14. The van der Waals surface area contributed by atoms with Gasteiger partial charge in [-0.1, -0.05) is 104 Å². The molecule has 0 aromatic carbocycles. The first-order valence-electron chi connectivity index (χ1n) is 21.3. The van der Waals surface area contributed by atoms with E-state index in [0.717, 1.165) is 88.3 Å². The molecule has 0 aliphatic heterocycles. The van der Waals surface area contributed by atoms with Gasteiger partial charge in [0.25, 0.3) is 0 Å². The highest BCUT2D eigenvalue weighted by atomic mass is 16.5. The van der Waals surface area contributed by atoms with Crippen LogP contribution in [0.2, 0.25) is 0 Å². The first kappa shape index (κ1) is 42.0. The van der Waals surface area contributed by atoms with E-state index >= 15 is 0 Å². The SMILES string of the molecule is CCCCCC(CCCCC)CCOC(=O)CCCCCCCN(CCCCO)CCCCCCCC(=O)O/C=C(\C)C1C2CC2C2CC21. The van der Waals surface area contributed by atoms with Crippen molar-refractivity contribution in [3.8, 4) is 0 Å². The van der Waals surface area contributed by atoms with Gasteiger partial charge in [0, 0.05) is 19.4 Å². The third-order valence-corrected chi connectivity index (χ3v) is 12.0. The van der Waals surface area contributed by atoms with Crippen LogP contribution in [-0.4, -0.2) is 54.8 Å². The maximum absolute atomic E-state index is 12.3. The third-order valence-electron chi connectivity index (χ3n) is 12.0. The molecule has 1 N–H and O–H groups in total. The Bertz CT molecular complexity index is 894. The molecule has 0 radical (unpaired) electrons. The highest BCUT2D eigenvalue weighted by Gasteiger charge is 2.67. The van der Waals surface area contributed by atoms with Crippen molar-refractivity contribution >= 4 is 11.9 Å². The van der Waals surface area contributed by atoms with Gasteiger partial charge in [-0.25, -0.2) is 0 Å². The molecule has 3 aliphatic carbocycles. The number of esters is 2. The number of aliphatic hydroxyl groups excluding tert-OH is 1. The number of rotatable bonds is 33. The minimum absolute atomic E-state index is 0.00949.